The van der Waals surface area contributed by atoms with Crippen molar-refractivity contribution in [2.45, 2.75) is 31.0 Å². The van der Waals surface area contributed by atoms with Crippen LogP contribution >= 0.6 is 0 Å². The molecule has 1 fully saturated rings. The van der Waals surface area contributed by atoms with Crippen LogP contribution in [0.15, 0.2) is 0 Å². The minimum absolute atomic E-state index is 0.0162. The normalized spacial score (nSPS) is 35.6. The molecule has 0 bridgehead atoms. The van der Waals surface area contributed by atoms with Crippen molar-refractivity contribution in [2.24, 2.45) is 17.2 Å². The van der Waals surface area contributed by atoms with E-state index in [0.717, 1.165) is 19.3 Å². The fourth-order valence-electron chi connectivity index (χ4n) is 1.08. The molecular formula is C5H13N3. The van der Waals surface area contributed by atoms with E-state index in [1.165, 1.54) is 0 Å². The van der Waals surface area contributed by atoms with Crippen LogP contribution in [0.1, 0.15) is 19.3 Å². The number of rotatable bonds is 0. The number of nitrogens with two attached hydrogens (primary N) is 3. The van der Waals surface area contributed by atoms with Gasteiger partial charge in [-0.15, -0.1) is 0 Å². The maximum atomic E-state index is 5.57. The zero-order valence-corrected chi connectivity index (χ0v) is 4.93. The van der Waals surface area contributed by atoms with Gasteiger partial charge in [0.1, 0.15) is 0 Å². The first-order valence-electron chi connectivity index (χ1n) is 2.96. The minimum Gasteiger partial charge on any atom is -0.325 e. The maximum Gasteiger partial charge on any atom is 0.0792 e. The van der Waals surface area contributed by atoms with Gasteiger partial charge in [0.2, 0.25) is 0 Å². The van der Waals surface area contributed by atoms with E-state index in [1.54, 1.807) is 0 Å². The van der Waals surface area contributed by atoms with Crippen molar-refractivity contribution >= 4 is 0 Å². The van der Waals surface area contributed by atoms with Gasteiger partial charge in [-0.2, -0.15) is 0 Å². The fourth-order valence-corrected chi connectivity index (χ4v) is 1.08. The van der Waals surface area contributed by atoms with E-state index in [4.69, 9.17) is 17.2 Å². The van der Waals surface area contributed by atoms with Crippen LogP contribution in [0.3, 0.4) is 0 Å². The highest BCUT2D eigenvalue weighted by molar-refractivity contribution is 4.94. The third kappa shape index (κ3) is 0.844. The van der Waals surface area contributed by atoms with Crippen molar-refractivity contribution in [3.8, 4) is 0 Å². The molecule has 48 valence electrons. The minimum atomic E-state index is -0.569. The van der Waals surface area contributed by atoms with E-state index in [1.807, 2.05) is 0 Å². The van der Waals surface area contributed by atoms with Crippen molar-refractivity contribution < 1.29 is 0 Å². The highest BCUT2D eigenvalue weighted by atomic mass is 15.0. The Balaban J connectivity index is 2.54. The maximum absolute atomic E-state index is 5.57. The van der Waals surface area contributed by atoms with Gasteiger partial charge in [0.15, 0.2) is 0 Å². The second-order valence-electron chi connectivity index (χ2n) is 2.61. The predicted octanol–water partition coefficient (Wildman–Crippen LogP) is -0.889. The fraction of sp³-hybridized carbons (Fsp3) is 1.00. The Morgan fingerprint density at radius 1 is 1.38 bits per heavy atom. The summed E-state index contributed by atoms with van der Waals surface area (Å²) < 4.78 is 0. The van der Waals surface area contributed by atoms with Crippen LogP contribution in [0.2, 0.25) is 0 Å². The largest absolute Gasteiger partial charge is 0.325 e. The first-order chi connectivity index (χ1) is 3.63. The summed E-state index contributed by atoms with van der Waals surface area (Å²) in [6.07, 6.45) is 2.93. The third-order valence-corrected chi connectivity index (χ3v) is 1.82. The Hall–Kier alpha value is -0.120. The molecule has 0 heterocycles. The summed E-state index contributed by atoms with van der Waals surface area (Å²) in [6, 6.07) is 0.0162. The van der Waals surface area contributed by atoms with Crippen molar-refractivity contribution in [2.75, 3.05) is 0 Å². The summed E-state index contributed by atoms with van der Waals surface area (Å²) in [4.78, 5) is 0. The molecule has 3 nitrogen and oxygen atoms in total. The Kier molecular flexibility index (Phi) is 1.27. The van der Waals surface area contributed by atoms with E-state index < -0.39 is 5.66 Å². The Bertz CT molecular complexity index is 89.7. The third-order valence-electron chi connectivity index (χ3n) is 1.82. The van der Waals surface area contributed by atoms with Crippen molar-refractivity contribution in [1.82, 2.24) is 0 Å². The molecule has 0 aliphatic heterocycles. The molecule has 0 saturated heterocycles. The summed E-state index contributed by atoms with van der Waals surface area (Å²) in [6.45, 7) is 0. The molecule has 8 heavy (non-hydrogen) atoms. The summed E-state index contributed by atoms with van der Waals surface area (Å²) in [5.74, 6) is 0. The standard InChI is InChI=1S/C5H13N3/c6-4-2-1-3-5(4,7)8/h4H,1-3,6-8H2. The molecule has 0 radical (unpaired) electrons. The van der Waals surface area contributed by atoms with Crippen LogP contribution in [0, 0.1) is 0 Å². The van der Waals surface area contributed by atoms with Crippen LogP contribution in [-0.2, 0) is 0 Å². The lowest BCUT2D eigenvalue weighted by atomic mass is 10.1. The molecule has 3 heteroatoms. The van der Waals surface area contributed by atoms with Gasteiger partial charge in [-0.25, -0.2) is 0 Å². The predicted molar refractivity (Wildman–Crippen MR) is 32.9 cm³/mol. The van der Waals surface area contributed by atoms with Gasteiger partial charge in [0.05, 0.1) is 5.66 Å². The lowest BCUT2D eigenvalue weighted by Crippen LogP contribution is -2.58. The average molecular weight is 115 g/mol. The second-order valence-corrected chi connectivity index (χ2v) is 2.61. The van der Waals surface area contributed by atoms with Crippen molar-refractivity contribution in [3.05, 3.63) is 0 Å². The van der Waals surface area contributed by atoms with E-state index in [2.05, 4.69) is 0 Å². The molecule has 1 aliphatic carbocycles. The highest BCUT2D eigenvalue weighted by Crippen LogP contribution is 2.20. The molecular weight excluding hydrogens is 102 g/mol. The summed E-state index contributed by atoms with van der Waals surface area (Å²) in [7, 11) is 0. The van der Waals surface area contributed by atoms with E-state index in [0.29, 0.717) is 0 Å². The summed E-state index contributed by atoms with van der Waals surface area (Å²) in [5, 5.41) is 0. The molecule has 1 unspecified atom stereocenters. The van der Waals surface area contributed by atoms with Gasteiger partial charge < -0.3 is 17.2 Å². The van der Waals surface area contributed by atoms with Gasteiger partial charge in [-0.05, 0) is 19.3 Å². The number of hydrogen-bond acceptors (Lipinski definition) is 3. The number of hydrogen-bond donors (Lipinski definition) is 3. The zero-order valence-electron chi connectivity index (χ0n) is 4.93. The average Bonchev–Trinajstić information content (AvgIpc) is 1.86. The molecule has 0 spiro atoms. The molecule has 6 N–H and O–H groups in total. The van der Waals surface area contributed by atoms with Gasteiger partial charge in [0, 0.05) is 6.04 Å². The first kappa shape index (κ1) is 6.01. The van der Waals surface area contributed by atoms with Gasteiger partial charge in [-0.3, -0.25) is 0 Å². The van der Waals surface area contributed by atoms with Gasteiger partial charge in [-0.1, -0.05) is 0 Å². The van der Waals surface area contributed by atoms with Crippen LogP contribution < -0.4 is 17.2 Å². The molecule has 1 saturated carbocycles. The van der Waals surface area contributed by atoms with Gasteiger partial charge in [0.25, 0.3) is 0 Å². The SMILES string of the molecule is NC1CCCC1(N)N. The Morgan fingerprint density at radius 2 is 2.00 bits per heavy atom. The Morgan fingerprint density at radius 3 is 2.12 bits per heavy atom. The topological polar surface area (TPSA) is 78.1 Å². The van der Waals surface area contributed by atoms with Crippen LogP contribution in [-0.4, -0.2) is 11.7 Å². The monoisotopic (exact) mass is 115 g/mol. The molecule has 0 aromatic rings. The van der Waals surface area contributed by atoms with Crippen LogP contribution in [0.25, 0.3) is 0 Å². The van der Waals surface area contributed by atoms with Gasteiger partial charge >= 0.3 is 0 Å². The molecule has 0 aromatic heterocycles. The first-order valence-corrected chi connectivity index (χ1v) is 2.96. The van der Waals surface area contributed by atoms with E-state index >= 15 is 0 Å². The molecule has 1 atom stereocenters. The van der Waals surface area contributed by atoms with Crippen molar-refractivity contribution in [1.29, 1.82) is 0 Å². The van der Waals surface area contributed by atoms with Crippen LogP contribution in [0.4, 0.5) is 0 Å². The highest BCUT2D eigenvalue weighted by Gasteiger charge is 2.32. The summed E-state index contributed by atoms with van der Waals surface area (Å²) in [5.41, 5.74) is 16.1. The quantitative estimate of drug-likeness (QED) is 0.358. The molecule has 0 amide bonds. The zero-order chi connectivity index (χ0) is 6.20. The summed E-state index contributed by atoms with van der Waals surface area (Å²) >= 11 is 0. The molecule has 0 aromatic carbocycles. The second kappa shape index (κ2) is 1.69. The Labute approximate surface area is 49.2 Å². The lowest BCUT2D eigenvalue weighted by Gasteiger charge is -2.22. The van der Waals surface area contributed by atoms with Crippen molar-refractivity contribution in [3.63, 3.8) is 0 Å². The van der Waals surface area contributed by atoms with E-state index in [9.17, 15) is 0 Å². The van der Waals surface area contributed by atoms with E-state index in [-0.39, 0.29) is 6.04 Å². The van der Waals surface area contributed by atoms with Crippen LogP contribution in [0.5, 0.6) is 0 Å². The molecule has 1 rings (SSSR count). The smallest absolute Gasteiger partial charge is 0.0792 e. The molecule has 1 aliphatic rings. The lowest BCUT2D eigenvalue weighted by molar-refractivity contribution is 0.405.